The second-order valence-electron chi connectivity index (χ2n) is 4.36. The van der Waals surface area contributed by atoms with Gasteiger partial charge in [-0.3, -0.25) is 19.9 Å². The standard InChI is InChI=1S/C13H13N5O3/c1-8(9-3-2-4-15-6-9)17-13(19)11-5-10(18(20)21)7-16-12(11)14/h2-8H,1H3,(H2,14,16)(H,17,19). The number of carbonyl (C=O) groups excluding carboxylic acids is 1. The number of nitro groups is 1. The molecule has 0 saturated carbocycles. The van der Waals surface area contributed by atoms with Crippen LogP contribution in [-0.2, 0) is 0 Å². The summed E-state index contributed by atoms with van der Waals surface area (Å²) in [6.45, 7) is 1.77. The van der Waals surface area contributed by atoms with Gasteiger partial charge in [0.25, 0.3) is 11.6 Å². The second-order valence-corrected chi connectivity index (χ2v) is 4.36. The van der Waals surface area contributed by atoms with Crippen molar-refractivity contribution >= 4 is 17.4 Å². The molecule has 0 saturated heterocycles. The van der Waals surface area contributed by atoms with Gasteiger partial charge in [0.2, 0.25) is 0 Å². The predicted molar refractivity (Wildman–Crippen MR) is 75.4 cm³/mol. The molecule has 0 bridgehead atoms. The van der Waals surface area contributed by atoms with Gasteiger partial charge in [0.1, 0.15) is 12.0 Å². The molecule has 8 heteroatoms. The monoisotopic (exact) mass is 287 g/mol. The van der Waals surface area contributed by atoms with E-state index in [4.69, 9.17) is 5.73 Å². The van der Waals surface area contributed by atoms with Crippen molar-refractivity contribution in [1.29, 1.82) is 0 Å². The topological polar surface area (TPSA) is 124 Å². The van der Waals surface area contributed by atoms with Crippen molar-refractivity contribution in [2.24, 2.45) is 0 Å². The Bertz CT molecular complexity index is 675. The molecule has 21 heavy (non-hydrogen) atoms. The van der Waals surface area contributed by atoms with Gasteiger partial charge in [0.15, 0.2) is 0 Å². The zero-order valence-electron chi connectivity index (χ0n) is 11.2. The van der Waals surface area contributed by atoms with Crippen LogP contribution in [0, 0.1) is 10.1 Å². The first-order chi connectivity index (χ1) is 9.99. The van der Waals surface area contributed by atoms with E-state index in [1.807, 2.05) is 6.07 Å². The lowest BCUT2D eigenvalue weighted by Gasteiger charge is -2.14. The minimum absolute atomic E-state index is 0.0278. The molecule has 3 N–H and O–H groups in total. The number of nitrogen functional groups attached to an aromatic ring is 1. The molecule has 0 fully saturated rings. The average molecular weight is 287 g/mol. The predicted octanol–water partition coefficient (Wildman–Crippen LogP) is 1.46. The minimum Gasteiger partial charge on any atom is -0.383 e. The summed E-state index contributed by atoms with van der Waals surface area (Å²) < 4.78 is 0. The molecule has 2 aromatic rings. The maximum Gasteiger partial charge on any atom is 0.288 e. The lowest BCUT2D eigenvalue weighted by molar-refractivity contribution is -0.385. The molecule has 0 aliphatic carbocycles. The summed E-state index contributed by atoms with van der Waals surface area (Å²) in [6, 6.07) is 4.35. The summed E-state index contributed by atoms with van der Waals surface area (Å²) in [5.41, 5.74) is 6.09. The number of rotatable bonds is 4. The van der Waals surface area contributed by atoms with E-state index in [0.29, 0.717) is 0 Å². The van der Waals surface area contributed by atoms with Crippen LogP contribution in [0.2, 0.25) is 0 Å². The molecule has 0 spiro atoms. The maximum absolute atomic E-state index is 12.1. The first-order valence-corrected chi connectivity index (χ1v) is 6.09. The Balaban J connectivity index is 2.21. The van der Waals surface area contributed by atoms with Crippen LogP contribution in [0.25, 0.3) is 0 Å². The van der Waals surface area contributed by atoms with Gasteiger partial charge in [-0.25, -0.2) is 4.98 Å². The van der Waals surface area contributed by atoms with E-state index in [-0.39, 0.29) is 23.1 Å². The minimum atomic E-state index is -0.631. The quantitative estimate of drug-likeness (QED) is 0.648. The average Bonchev–Trinajstić information content (AvgIpc) is 2.48. The highest BCUT2D eigenvalue weighted by molar-refractivity contribution is 5.99. The highest BCUT2D eigenvalue weighted by Gasteiger charge is 2.18. The summed E-state index contributed by atoms with van der Waals surface area (Å²) in [7, 11) is 0. The van der Waals surface area contributed by atoms with E-state index in [1.54, 1.807) is 25.4 Å². The van der Waals surface area contributed by atoms with Gasteiger partial charge in [-0.05, 0) is 18.6 Å². The first-order valence-electron chi connectivity index (χ1n) is 6.09. The Labute approximate surface area is 120 Å². The molecule has 0 radical (unpaired) electrons. The van der Waals surface area contributed by atoms with Crippen molar-refractivity contribution in [2.75, 3.05) is 5.73 Å². The van der Waals surface area contributed by atoms with Crippen LogP contribution >= 0.6 is 0 Å². The van der Waals surface area contributed by atoms with Gasteiger partial charge in [-0.15, -0.1) is 0 Å². The van der Waals surface area contributed by atoms with Crippen LogP contribution in [0.4, 0.5) is 11.5 Å². The van der Waals surface area contributed by atoms with Crippen molar-refractivity contribution in [3.8, 4) is 0 Å². The molecule has 8 nitrogen and oxygen atoms in total. The maximum atomic E-state index is 12.1. The first kappa shape index (κ1) is 14.4. The Morgan fingerprint density at radius 3 is 2.86 bits per heavy atom. The number of pyridine rings is 2. The van der Waals surface area contributed by atoms with E-state index in [2.05, 4.69) is 15.3 Å². The van der Waals surface area contributed by atoms with E-state index >= 15 is 0 Å². The molecular formula is C13H13N5O3. The number of hydrogen-bond donors (Lipinski definition) is 2. The van der Waals surface area contributed by atoms with Crippen LogP contribution in [0.1, 0.15) is 28.9 Å². The fourth-order valence-electron chi connectivity index (χ4n) is 1.74. The molecule has 0 aromatic carbocycles. The highest BCUT2D eigenvalue weighted by atomic mass is 16.6. The number of amides is 1. The number of hydrogen-bond acceptors (Lipinski definition) is 6. The normalized spacial score (nSPS) is 11.7. The summed E-state index contributed by atoms with van der Waals surface area (Å²) in [5.74, 6) is -0.587. The van der Waals surface area contributed by atoms with Crippen LogP contribution in [-0.4, -0.2) is 20.8 Å². The number of nitrogens with one attached hydrogen (secondary N) is 1. The second kappa shape index (κ2) is 5.95. The zero-order valence-corrected chi connectivity index (χ0v) is 11.2. The van der Waals surface area contributed by atoms with Crippen molar-refractivity contribution < 1.29 is 9.72 Å². The Morgan fingerprint density at radius 1 is 1.48 bits per heavy atom. The SMILES string of the molecule is CC(NC(=O)c1cc([N+](=O)[O-])cnc1N)c1cccnc1. The molecule has 0 aliphatic rings. The number of nitrogens with two attached hydrogens (primary N) is 1. The molecule has 108 valence electrons. The largest absolute Gasteiger partial charge is 0.383 e. The van der Waals surface area contributed by atoms with Gasteiger partial charge >= 0.3 is 0 Å². The van der Waals surface area contributed by atoms with Crippen LogP contribution in [0.5, 0.6) is 0 Å². The Kier molecular flexibility index (Phi) is 4.07. The fourth-order valence-corrected chi connectivity index (χ4v) is 1.74. The Morgan fingerprint density at radius 2 is 2.24 bits per heavy atom. The number of aromatic nitrogens is 2. The van der Waals surface area contributed by atoms with Gasteiger partial charge in [-0.1, -0.05) is 6.07 Å². The zero-order chi connectivity index (χ0) is 15.4. The Hall–Kier alpha value is -3.03. The number of anilines is 1. The van der Waals surface area contributed by atoms with E-state index in [1.165, 1.54) is 0 Å². The summed E-state index contributed by atoms with van der Waals surface area (Å²) >= 11 is 0. The number of carbonyl (C=O) groups is 1. The highest BCUT2D eigenvalue weighted by Crippen LogP contribution is 2.18. The van der Waals surface area contributed by atoms with Crippen molar-refractivity contribution in [2.45, 2.75) is 13.0 Å². The molecule has 2 rings (SSSR count). The van der Waals surface area contributed by atoms with Gasteiger partial charge in [0.05, 0.1) is 16.5 Å². The van der Waals surface area contributed by atoms with Crippen LogP contribution in [0.3, 0.4) is 0 Å². The van der Waals surface area contributed by atoms with Crippen LogP contribution < -0.4 is 11.1 Å². The third-order valence-electron chi connectivity index (χ3n) is 2.89. The van der Waals surface area contributed by atoms with E-state index in [0.717, 1.165) is 17.8 Å². The van der Waals surface area contributed by atoms with Gasteiger partial charge in [0, 0.05) is 18.5 Å². The summed E-state index contributed by atoms with van der Waals surface area (Å²) in [4.78, 5) is 29.9. The molecule has 2 aromatic heterocycles. The van der Waals surface area contributed by atoms with Crippen LogP contribution in [0.15, 0.2) is 36.8 Å². The van der Waals surface area contributed by atoms with Crippen molar-refractivity contribution in [3.63, 3.8) is 0 Å². The van der Waals surface area contributed by atoms with E-state index in [9.17, 15) is 14.9 Å². The van der Waals surface area contributed by atoms with Gasteiger partial charge < -0.3 is 11.1 Å². The van der Waals surface area contributed by atoms with E-state index < -0.39 is 10.8 Å². The molecule has 1 atom stereocenters. The fraction of sp³-hybridized carbons (Fsp3) is 0.154. The lowest BCUT2D eigenvalue weighted by Crippen LogP contribution is -2.27. The molecule has 2 heterocycles. The third-order valence-corrected chi connectivity index (χ3v) is 2.89. The molecule has 1 unspecified atom stereocenters. The molecular weight excluding hydrogens is 274 g/mol. The summed E-state index contributed by atoms with van der Waals surface area (Å²) in [6.07, 6.45) is 4.26. The lowest BCUT2D eigenvalue weighted by atomic mass is 10.1. The molecule has 0 aliphatic heterocycles. The van der Waals surface area contributed by atoms with Crippen molar-refractivity contribution in [1.82, 2.24) is 15.3 Å². The smallest absolute Gasteiger partial charge is 0.288 e. The van der Waals surface area contributed by atoms with Gasteiger partial charge in [-0.2, -0.15) is 0 Å². The molecule has 1 amide bonds. The third kappa shape index (κ3) is 3.30. The van der Waals surface area contributed by atoms with Crippen molar-refractivity contribution in [3.05, 3.63) is 58.0 Å². The summed E-state index contributed by atoms with van der Waals surface area (Å²) in [5, 5.41) is 13.4. The number of nitrogens with zero attached hydrogens (tertiary/aromatic N) is 3.